The van der Waals surface area contributed by atoms with E-state index in [1.807, 2.05) is 20.8 Å². The third-order valence-corrected chi connectivity index (χ3v) is 2.96. The van der Waals surface area contributed by atoms with Crippen LogP contribution in [0.5, 0.6) is 0 Å². The summed E-state index contributed by atoms with van der Waals surface area (Å²) in [5.41, 5.74) is 4.86. The smallest absolute Gasteiger partial charge is 0.410 e. The van der Waals surface area contributed by atoms with Crippen molar-refractivity contribution in [1.82, 2.24) is 10.2 Å². The third kappa shape index (κ3) is 6.43. The maximum Gasteiger partial charge on any atom is 0.410 e. The maximum absolute atomic E-state index is 11.8. The molecular formula is C13H26ClN3O3. The van der Waals surface area contributed by atoms with E-state index in [9.17, 15) is 9.59 Å². The van der Waals surface area contributed by atoms with Crippen molar-refractivity contribution in [3.8, 4) is 0 Å². The lowest BCUT2D eigenvalue weighted by molar-refractivity contribution is -0.126. The van der Waals surface area contributed by atoms with E-state index in [1.54, 1.807) is 4.90 Å². The number of carbonyl (C=O) groups excluding carboxylic acids is 2. The normalized spacial score (nSPS) is 16.3. The van der Waals surface area contributed by atoms with Gasteiger partial charge in [0.15, 0.2) is 0 Å². The van der Waals surface area contributed by atoms with Gasteiger partial charge in [-0.25, -0.2) is 4.79 Å². The van der Waals surface area contributed by atoms with Crippen LogP contribution in [0.25, 0.3) is 0 Å². The summed E-state index contributed by atoms with van der Waals surface area (Å²) < 4.78 is 5.31. The largest absolute Gasteiger partial charge is 0.444 e. The molecule has 0 unspecified atom stereocenters. The van der Waals surface area contributed by atoms with E-state index in [0.29, 0.717) is 39.0 Å². The minimum Gasteiger partial charge on any atom is -0.444 e. The van der Waals surface area contributed by atoms with E-state index in [0.717, 1.165) is 0 Å². The summed E-state index contributed by atoms with van der Waals surface area (Å²) in [6, 6.07) is 0. The van der Waals surface area contributed by atoms with Crippen LogP contribution in [0.2, 0.25) is 0 Å². The first-order valence-corrected chi connectivity index (χ1v) is 6.79. The van der Waals surface area contributed by atoms with Crippen molar-refractivity contribution in [2.24, 2.45) is 11.7 Å². The standard InChI is InChI=1S/C13H25N3O3.ClH/c1-13(2,3)19-12(18)16-8-4-10(5-9-16)11(17)15-7-6-14;/h10H,4-9,14H2,1-3H3,(H,15,17);1H. The molecule has 1 rings (SSSR count). The second-order valence-corrected chi connectivity index (χ2v) is 5.82. The summed E-state index contributed by atoms with van der Waals surface area (Å²) in [4.78, 5) is 25.3. The van der Waals surface area contributed by atoms with Gasteiger partial charge in [0.05, 0.1) is 0 Å². The summed E-state index contributed by atoms with van der Waals surface area (Å²) in [6.45, 7) is 7.62. The number of carbonyl (C=O) groups is 2. The number of piperidine rings is 1. The van der Waals surface area contributed by atoms with Crippen LogP contribution >= 0.6 is 12.4 Å². The molecule has 2 amide bonds. The number of rotatable bonds is 3. The molecule has 3 N–H and O–H groups in total. The highest BCUT2D eigenvalue weighted by atomic mass is 35.5. The third-order valence-electron chi connectivity index (χ3n) is 2.96. The zero-order chi connectivity index (χ0) is 14.5. The highest BCUT2D eigenvalue weighted by Crippen LogP contribution is 2.19. The predicted molar refractivity (Wildman–Crippen MR) is 79.8 cm³/mol. The number of nitrogens with zero attached hydrogens (tertiary/aromatic N) is 1. The van der Waals surface area contributed by atoms with E-state index >= 15 is 0 Å². The molecule has 0 aromatic rings. The Morgan fingerprint density at radius 2 is 1.85 bits per heavy atom. The molecular weight excluding hydrogens is 282 g/mol. The fourth-order valence-electron chi connectivity index (χ4n) is 1.99. The summed E-state index contributed by atoms with van der Waals surface area (Å²) >= 11 is 0. The Morgan fingerprint density at radius 3 is 2.30 bits per heavy atom. The van der Waals surface area contributed by atoms with Crippen LogP contribution < -0.4 is 11.1 Å². The Hall–Kier alpha value is -1.01. The first kappa shape index (κ1) is 19.0. The summed E-state index contributed by atoms with van der Waals surface area (Å²) in [5.74, 6) is 0.0134. The molecule has 0 radical (unpaired) electrons. The van der Waals surface area contributed by atoms with Crippen LogP contribution in [-0.4, -0.2) is 48.7 Å². The minimum absolute atomic E-state index is 0. The van der Waals surface area contributed by atoms with E-state index < -0.39 is 5.60 Å². The van der Waals surface area contributed by atoms with Gasteiger partial charge in [-0.2, -0.15) is 0 Å². The van der Waals surface area contributed by atoms with Gasteiger partial charge < -0.3 is 20.7 Å². The second kappa shape index (κ2) is 8.32. The molecule has 0 saturated carbocycles. The number of hydrogen-bond donors (Lipinski definition) is 2. The van der Waals surface area contributed by atoms with Crippen LogP contribution in [0.15, 0.2) is 0 Å². The molecule has 1 aliphatic heterocycles. The number of halogens is 1. The monoisotopic (exact) mass is 307 g/mol. The summed E-state index contributed by atoms with van der Waals surface area (Å²) in [7, 11) is 0. The molecule has 1 aliphatic rings. The molecule has 1 heterocycles. The number of nitrogens with two attached hydrogens (primary N) is 1. The zero-order valence-corrected chi connectivity index (χ0v) is 13.3. The number of amides is 2. The lowest BCUT2D eigenvalue weighted by atomic mass is 9.96. The molecule has 0 bridgehead atoms. The van der Waals surface area contributed by atoms with Gasteiger partial charge in [0.1, 0.15) is 5.60 Å². The molecule has 20 heavy (non-hydrogen) atoms. The van der Waals surface area contributed by atoms with Crippen molar-refractivity contribution in [2.45, 2.75) is 39.2 Å². The van der Waals surface area contributed by atoms with Crippen molar-refractivity contribution in [1.29, 1.82) is 0 Å². The van der Waals surface area contributed by atoms with E-state index in [4.69, 9.17) is 10.5 Å². The predicted octanol–water partition coefficient (Wildman–Crippen LogP) is 1.13. The molecule has 0 aliphatic carbocycles. The van der Waals surface area contributed by atoms with Crippen molar-refractivity contribution in [3.63, 3.8) is 0 Å². The second-order valence-electron chi connectivity index (χ2n) is 5.82. The van der Waals surface area contributed by atoms with Gasteiger partial charge >= 0.3 is 6.09 Å². The fourth-order valence-corrected chi connectivity index (χ4v) is 1.99. The van der Waals surface area contributed by atoms with Crippen molar-refractivity contribution in [2.75, 3.05) is 26.2 Å². The Kier molecular flexibility index (Phi) is 7.90. The quantitative estimate of drug-likeness (QED) is 0.818. The lowest BCUT2D eigenvalue weighted by Gasteiger charge is -2.32. The highest BCUT2D eigenvalue weighted by molar-refractivity contribution is 5.85. The maximum atomic E-state index is 11.8. The summed E-state index contributed by atoms with van der Waals surface area (Å²) in [6.07, 6.45) is 1.05. The van der Waals surface area contributed by atoms with Gasteiger partial charge in [0.2, 0.25) is 5.91 Å². The van der Waals surface area contributed by atoms with Crippen molar-refractivity contribution >= 4 is 24.4 Å². The number of likely N-dealkylation sites (tertiary alicyclic amines) is 1. The lowest BCUT2D eigenvalue weighted by Crippen LogP contribution is -2.45. The Bertz CT molecular complexity index is 323. The van der Waals surface area contributed by atoms with Gasteiger partial charge in [0.25, 0.3) is 0 Å². The Balaban J connectivity index is 0.00000361. The highest BCUT2D eigenvalue weighted by Gasteiger charge is 2.29. The van der Waals surface area contributed by atoms with Crippen molar-refractivity contribution in [3.05, 3.63) is 0 Å². The first-order valence-electron chi connectivity index (χ1n) is 6.79. The molecule has 0 atom stereocenters. The van der Waals surface area contributed by atoms with Crippen LogP contribution in [0.1, 0.15) is 33.6 Å². The van der Waals surface area contributed by atoms with E-state index in [2.05, 4.69) is 5.32 Å². The van der Waals surface area contributed by atoms with Gasteiger partial charge in [-0.1, -0.05) is 0 Å². The van der Waals surface area contributed by atoms with Gasteiger partial charge in [-0.3, -0.25) is 4.79 Å². The topological polar surface area (TPSA) is 84.7 Å². The number of ether oxygens (including phenoxy) is 1. The van der Waals surface area contributed by atoms with Crippen LogP contribution in [0.4, 0.5) is 4.79 Å². The average Bonchev–Trinajstić information content (AvgIpc) is 2.34. The molecule has 1 saturated heterocycles. The van der Waals surface area contributed by atoms with Crippen LogP contribution in [0.3, 0.4) is 0 Å². The van der Waals surface area contributed by atoms with Gasteiger partial charge in [-0.15, -0.1) is 12.4 Å². The SMILES string of the molecule is CC(C)(C)OC(=O)N1CCC(C(=O)NCCN)CC1.Cl. The molecule has 118 valence electrons. The molecule has 7 heteroatoms. The van der Waals surface area contributed by atoms with Gasteiger partial charge in [-0.05, 0) is 33.6 Å². The van der Waals surface area contributed by atoms with Crippen LogP contribution in [0, 0.1) is 5.92 Å². The minimum atomic E-state index is -0.480. The molecule has 0 spiro atoms. The molecule has 0 aromatic carbocycles. The average molecular weight is 308 g/mol. The van der Waals surface area contributed by atoms with Crippen LogP contribution in [-0.2, 0) is 9.53 Å². The zero-order valence-electron chi connectivity index (χ0n) is 12.5. The van der Waals surface area contributed by atoms with E-state index in [-0.39, 0.29) is 30.3 Å². The molecule has 0 aromatic heterocycles. The summed E-state index contributed by atoms with van der Waals surface area (Å²) in [5, 5.41) is 2.79. The van der Waals surface area contributed by atoms with Crippen molar-refractivity contribution < 1.29 is 14.3 Å². The number of nitrogens with one attached hydrogen (secondary N) is 1. The Labute approximate surface area is 126 Å². The number of hydrogen-bond acceptors (Lipinski definition) is 4. The van der Waals surface area contributed by atoms with Gasteiger partial charge in [0, 0.05) is 32.1 Å². The van der Waals surface area contributed by atoms with E-state index in [1.165, 1.54) is 0 Å². The first-order chi connectivity index (χ1) is 8.83. The Morgan fingerprint density at radius 1 is 1.30 bits per heavy atom. The molecule has 1 fully saturated rings. The molecule has 6 nitrogen and oxygen atoms in total. The fraction of sp³-hybridized carbons (Fsp3) is 0.846.